The van der Waals surface area contributed by atoms with E-state index in [0.29, 0.717) is 93.4 Å². The Labute approximate surface area is 661 Å². The fourth-order valence-electron chi connectivity index (χ4n) is 13.8. The van der Waals surface area contributed by atoms with E-state index in [9.17, 15) is 18.5 Å². The highest BCUT2D eigenvalue weighted by Gasteiger charge is 2.29. The number of methoxy groups -OCH3 is 1. The van der Waals surface area contributed by atoms with Gasteiger partial charge in [-0.2, -0.15) is 19.9 Å². The number of carbonyl (C=O) groups excluding carboxylic acids is 1. The van der Waals surface area contributed by atoms with Crippen molar-refractivity contribution in [2.75, 3.05) is 182 Å². The van der Waals surface area contributed by atoms with E-state index in [1.54, 1.807) is 72.5 Å². The number of rotatable bonds is 24. The minimum absolute atomic E-state index is 0.0117. The lowest BCUT2D eigenvalue weighted by atomic mass is 10.0. The van der Waals surface area contributed by atoms with Crippen LogP contribution in [0.15, 0.2) is 152 Å². The number of amides is 1. The average Bonchev–Trinajstić information content (AvgIpc) is 1.49. The molecule has 7 heterocycles. The monoisotopic (exact) mass is 1590 g/mol. The number of piperazine rings is 2. The van der Waals surface area contributed by atoms with E-state index in [4.69, 9.17) is 35.8 Å². The lowest BCUT2D eigenvalue weighted by molar-refractivity contribution is 0.0963. The minimum Gasteiger partial charge on any atom is -0.495 e. The van der Waals surface area contributed by atoms with E-state index in [2.05, 4.69) is 125 Å². The van der Waals surface area contributed by atoms with E-state index in [1.807, 2.05) is 136 Å². The van der Waals surface area contributed by atoms with Crippen LogP contribution in [0.2, 0.25) is 5.02 Å². The van der Waals surface area contributed by atoms with Gasteiger partial charge in [0.25, 0.3) is 5.91 Å². The van der Waals surface area contributed by atoms with Crippen molar-refractivity contribution < 1.29 is 32.7 Å². The number of aromatic nitrogens is 7. The predicted molar refractivity (Wildman–Crippen MR) is 462 cm³/mol. The first-order valence-electron chi connectivity index (χ1n) is 37.8. The Morgan fingerprint density at radius 1 is 0.571 bits per heavy atom. The summed E-state index contributed by atoms with van der Waals surface area (Å²) >= 11 is 6.45. The molecule has 10 aromatic rings. The summed E-state index contributed by atoms with van der Waals surface area (Å²) in [4.78, 5) is 55.6. The van der Waals surface area contributed by atoms with Crippen LogP contribution in [0, 0.1) is 0 Å². The molecular weight excluding hydrogens is 1490 g/mol. The third kappa shape index (κ3) is 20.6. The molecule has 3 saturated heterocycles. The highest BCUT2D eigenvalue weighted by atomic mass is 35.5. The van der Waals surface area contributed by atoms with Gasteiger partial charge in [-0.15, -0.1) is 0 Å². The van der Waals surface area contributed by atoms with E-state index >= 15 is 0 Å². The van der Waals surface area contributed by atoms with Crippen molar-refractivity contribution in [2.24, 2.45) is 0 Å². The Morgan fingerprint density at radius 2 is 1.11 bits per heavy atom. The molecule has 4 aromatic heterocycles. The molecule has 0 unspecified atom stereocenters. The number of benzene rings is 6. The van der Waals surface area contributed by atoms with E-state index in [1.165, 1.54) is 25.9 Å². The summed E-state index contributed by atoms with van der Waals surface area (Å²) in [5.74, 6) is 4.72. The zero-order valence-corrected chi connectivity index (χ0v) is 69.5. The lowest BCUT2D eigenvalue weighted by Crippen LogP contribution is -2.52. The summed E-state index contributed by atoms with van der Waals surface area (Å²) in [5, 5.41) is 26.0. The summed E-state index contributed by atoms with van der Waals surface area (Å²) < 4.78 is 56.0. The molecule has 3 fully saturated rings. The van der Waals surface area contributed by atoms with Gasteiger partial charge in [-0.1, -0.05) is 60.2 Å². The molecule has 0 bridgehead atoms. The van der Waals surface area contributed by atoms with Crippen LogP contribution >= 0.6 is 33.0 Å². The zero-order chi connectivity index (χ0) is 79.4. The topological polar surface area (TPSA) is 290 Å². The van der Waals surface area contributed by atoms with Crippen LogP contribution in [0.1, 0.15) is 55.2 Å². The molecule has 30 heteroatoms. The number of aromatic amines is 1. The molecule has 1 aliphatic carbocycles. The molecule has 0 spiro atoms. The molecule has 26 nitrogen and oxygen atoms in total. The minimum atomic E-state index is -2.51. The molecule has 0 saturated carbocycles. The number of H-pyrrole nitrogens is 1. The third-order valence-corrected chi connectivity index (χ3v) is 24.7. The number of carbonyl (C=O) groups is 1. The number of hydrogen-bond donors (Lipinski definition) is 8. The Hall–Kier alpha value is -10.0. The van der Waals surface area contributed by atoms with Crippen LogP contribution < -0.4 is 77.1 Å². The van der Waals surface area contributed by atoms with Crippen molar-refractivity contribution in [3.63, 3.8) is 0 Å². The quantitative estimate of drug-likeness (QED) is 0.0261. The van der Waals surface area contributed by atoms with Gasteiger partial charge in [0.05, 0.1) is 76.8 Å². The van der Waals surface area contributed by atoms with Gasteiger partial charge in [0, 0.05) is 136 Å². The van der Waals surface area contributed by atoms with Crippen LogP contribution in [0.3, 0.4) is 0 Å². The normalized spacial score (nSPS) is 15.0. The van der Waals surface area contributed by atoms with Gasteiger partial charge in [0.1, 0.15) is 61.0 Å². The van der Waals surface area contributed by atoms with Crippen molar-refractivity contribution in [1.82, 2.24) is 54.9 Å². The maximum Gasteiger partial charge on any atom is 0.253 e. The second-order valence-electron chi connectivity index (χ2n) is 29.5. The van der Waals surface area contributed by atoms with Gasteiger partial charge in [-0.3, -0.25) is 9.69 Å². The molecule has 4 aliphatic rings. The smallest absolute Gasteiger partial charge is 0.253 e. The lowest BCUT2D eigenvalue weighted by Gasteiger charge is -2.42. The average molecular weight is 1600 g/mol. The molecule has 3 aliphatic heterocycles. The van der Waals surface area contributed by atoms with Crippen molar-refractivity contribution >= 4 is 153 Å². The predicted octanol–water partition coefficient (Wildman–Crippen LogP) is 14.9. The van der Waals surface area contributed by atoms with E-state index in [0.717, 1.165) is 125 Å². The number of ether oxygens (including phenoxy) is 3. The number of fused-ring (bicyclic) bond motifs is 2. The summed E-state index contributed by atoms with van der Waals surface area (Å²) in [6.07, 6.45) is 10.4. The second-order valence-corrected chi connectivity index (χ2v) is 39.5. The maximum atomic E-state index is 12.9. The third-order valence-electron chi connectivity index (χ3n) is 19.8. The number of nitrogens with one attached hydrogen (secondary N) is 8. The van der Waals surface area contributed by atoms with Gasteiger partial charge < -0.3 is 89.7 Å². The first kappa shape index (κ1) is 81.5. The number of nitrogens with zero attached hydrogens (tertiary/aromatic N) is 11. The molecule has 590 valence electrons. The highest BCUT2D eigenvalue weighted by molar-refractivity contribution is 7.71. The number of piperidine rings is 1. The van der Waals surface area contributed by atoms with Crippen LogP contribution in [0.5, 0.6) is 17.2 Å². The molecule has 14 rings (SSSR count). The first-order valence-corrected chi connectivity index (χ1v) is 46.0. The van der Waals surface area contributed by atoms with Crippen molar-refractivity contribution in [3.05, 3.63) is 174 Å². The molecule has 0 atom stereocenters. The zero-order valence-electron chi connectivity index (χ0n) is 66.1. The second kappa shape index (κ2) is 36.2. The van der Waals surface area contributed by atoms with Gasteiger partial charge in [-0.05, 0) is 173 Å². The Morgan fingerprint density at radius 3 is 1.72 bits per heavy atom. The Balaban J connectivity index is 0.000000157. The molecule has 8 N–H and O–H groups in total. The fourth-order valence-corrected chi connectivity index (χ4v) is 17.1. The van der Waals surface area contributed by atoms with Crippen molar-refractivity contribution in [2.45, 2.75) is 52.2 Å². The van der Waals surface area contributed by atoms with E-state index in [-0.39, 0.29) is 12.0 Å². The van der Waals surface area contributed by atoms with Crippen LogP contribution in [0.4, 0.5) is 80.8 Å². The Kier molecular flexibility index (Phi) is 26.3. The molecule has 0 radical (unpaired) electrons. The molecule has 112 heavy (non-hydrogen) atoms. The number of allylic oxidation sites excluding steroid dienone is 1. The van der Waals surface area contributed by atoms with Crippen LogP contribution in [-0.4, -0.2) is 208 Å². The standard InChI is InChI=1S/C30H41ClN7O2P.C28H36N7O2P.C24H26N5O3P/c1-5-40-27-20-23(37-14-12-22(13-15-37)38-18-16-36(2)17-19-38)10-11-25(27)34-30-32-21-24(31)29(35-30)33-26-8-6-7-9-28(26)41(3,4)39;1-19(2)37-24-18-20(35-16-14-34(3)15-17-35)10-11-22(24)31-28-32-26-21(12-13-29-26)27(33-28)30-23-8-6-7-9-25(23)38(4,5)36;1-25-23(30)17-8-5-6-10-19(17)26-22-16-9-7-11-18(16)27-24(29-22)28-20-13-12-15(33(3,4)31)14-21(20)32-2/h6-11,20-22H,5,12-19H2,1-4H3,(H2,32,33,34,35);6-13,18-19H,14-17H2,1-5H3,(H3,29,30,31,32,33);5-10,12-14H,11H2,1-4H3,(H,25,30)(H2,26,27,28,29). The molecule has 1 amide bonds. The fraction of sp³-hybridized carbons (Fsp3) is 0.354. The number of likely N-dealkylation sites (N-methyl/N-ethyl adjacent to an activating group) is 2. The maximum absolute atomic E-state index is 12.9. The SMILES string of the molecule is CC(C)Oc1cc(N2CCN(C)CC2)ccc1Nc1nc(Nc2ccccc2P(C)(C)=O)c2cc[nH]c2n1.CCOc1cc(N2CCC(N3CCN(C)CC3)CC2)ccc1Nc1ncc(Cl)c(Nc2ccccc2P(C)(C)=O)n1.CNC(=O)c1ccccc1Nc1nc(Nc2ccc(P(C)(C)=O)cc2OC)nc2c1C=CC2. The summed E-state index contributed by atoms with van der Waals surface area (Å²) in [7, 11) is 0.101. The Bertz CT molecular complexity index is 5160. The first-order chi connectivity index (χ1) is 53.7. The van der Waals surface area contributed by atoms with Crippen molar-refractivity contribution in [3.8, 4) is 17.2 Å². The highest BCUT2D eigenvalue weighted by Crippen LogP contribution is 2.43. The van der Waals surface area contributed by atoms with E-state index < -0.39 is 21.4 Å². The summed E-state index contributed by atoms with van der Waals surface area (Å²) in [5.41, 5.74) is 9.63. The number of para-hydroxylation sites is 3. The van der Waals surface area contributed by atoms with Gasteiger partial charge in [-0.25, -0.2) is 9.97 Å². The largest absolute Gasteiger partial charge is 0.495 e. The number of halogens is 1. The van der Waals surface area contributed by atoms with Gasteiger partial charge in [0.15, 0.2) is 5.82 Å². The molecule has 6 aromatic carbocycles. The summed E-state index contributed by atoms with van der Waals surface area (Å²) in [6, 6.07) is 42.9. The van der Waals surface area contributed by atoms with Crippen LogP contribution in [0.25, 0.3) is 17.1 Å². The van der Waals surface area contributed by atoms with Gasteiger partial charge >= 0.3 is 0 Å². The number of hydrogen-bond acceptors (Lipinski definition) is 24. The van der Waals surface area contributed by atoms with Crippen molar-refractivity contribution in [1.29, 1.82) is 0 Å². The summed E-state index contributed by atoms with van der Waals surface area (Å²) in [6.45, 7) is 27.8. The van der Waals surface area contributed by atoms with Gasteiger partial charge in [0.2, 0.25) is 17.8 Å². The van der Waals surface area contributed by atoms with Crippen LogP contribution in [-0.2, 0) is 20.1 Å². The molecular formula is C82H103ClN19O7P3. The number of anilines is 14.